The molecular formula is C14H19BrN2O2. The summed E-state index contributed by atoms with van der Waals surface area (Å²) in [4.78, 5) is 6.62. The van der Waals surface area contributed by atoms with Gasteiger partial charge >= 0.3 is 0 Å². The first kappa shape index (κ1) is 13.3. The zero-order valence-corrected chi connectivity index (χ0v) is 12.4. The first-order valence-electron chi connectivity index (χ1n) is 6.89. The number of aliphatic hydroxyl groups is 1. The summed E-state index contributed by atoms with van der Waals surface area (Å²) in [6.07, 6.45) is 6.51. The van der Waals surface area contributed by atoms with Gasteiger partial charge in [0.1, 0.15) is 0 Å². The van der Waals surface area contributed by atoms with E-state index >= 15 is 0 Å². The standard InChI is InChI=1S/C14H19BrN2O2/c15-10-6-11(8-16-7-10)17-4-1-2-13(17)12-9-19-5-3-14(12)18/h6-8,12-14,18H,1-5,9H2/t12-,13-,14+/m0/s1. The Balaban J connectivity index is 1.81. The van der Waals surface area contributed by atoms with Crippen molar-refractivity contribution >= 4 is 21.6 Å². The quantitative estimate of drug-likeness (QED) is 0.905. The average Bonchev–Trinajstić information content (AvgIpc) is 2.88. The SMILES string of the molecule is O[C@@H]1CCOC[C@H]1[C@@H]1CCCN1c1cncc(Br)c1. The second kappa shape index (κ2) is 5.77. The number of rotatable bonds is 2. The molecule has 2 fully saturated rings. The summed E-state index contributed by atoms with van der Waals surface area (Å²) in [5.74, 6) is 0.218. The monoisotopic (exact) mass is 326 g/mol. The first-order chi connectivity index (χ1) is 9.25. The minimum atomic E-state index is -0.237. The fraction of sp³-hybridized carbons (Fsp3) is 0.643. The minimum absolute atomic E-state index is 0.218. The van der Waals surface area contributed by atoms with E-state index in [1.165, 1.54) is 6.42 Å². The van der Waals surface area contributed by atoms with Gasteiger partial charge in [-0.25, -0.2) is 0 Å². The summed E-state index contributed by atoms with van der Waals surface area (Å²) in [5.41, 5.74) is 1.13. The van der Waals surface area contributed by atoms with Crippen molar-refractivity contribution in [2.24, 2.45) is 5.92 Å². The molecule has 3 rings (SSSR count). The summed E-state index contributed by atoms with van der Waals surface area (Å²) in [6.45, 7) is 2.39. The molecular weight excluding hydrogens is 308 g/mol. The van der Waals surface area contributed by atoms with Crippen LogP contribution < -0.4 is 4.90 Å². The highest BCUT2D eigenvalue weighted by molar-refractivity contribution is 9.10. The molecule has 0 unspecified atom stereocenters. The van der Waals surface area contributed by atoms with Gasteiger partial charge in [-0.1, -0.05) is 0 Å². The molecule has 0 bridgehead atoms. The number of anilines is 1. The van der Waals surface area contributed by atoms with Gasteiger partial charge in [-0.2, -0.15) is 0 Å². The Bertz CT molecular complexity index is 443. The van der Waals surface area contributed by atoms with Crippen LogP contribution in [0, 0.1) is 5.92 Å². The van der Waals surface area contributed by atoms with Crippen LogP contribution in [0.15, 0.2) is 22.9 Å². The molecule has 0 amide bonds. The molecule has 1 N–H and O–H groups in total. The number of hydrogen-bond donors (Lipinski definition) is 1. The third kappa shape index (κ3) is 2.78. The molecule has 4 nitrogen and oxygen atoms in total. The lowest BCUT2D eigenvalue weighted by Crippen LogP contribution is -2.46. The summed E-state index contributed by atoms with van der Waals surface area (Å²) >= 11 is 3.47. The van der Waals surface area contributed by atoms with Crippen LogP contribution in [0.4, 0.5) is 5.69 Å². The number of pyridine rings is 1. The predicted octanol–water partition coefficient (Wildman–Crippen LogP) is 2.21. The highest BCUT2D eigenvalue weighted by atomic mass is 79.9. The molecule has 0 aromatic carbocycles. The molecule has 1 aromatic heterocycles. The zero-order chi connectivity index (χ0) is 13.2. The Kier molecular flexibility index (Phi) is 4.05. The summed E-state index contributed by atoms with van der Waals surface area (Å²) in [7, 11) is 0. The maximum atomic E-state index is 10.2. The molecule has 19 heavy (non-hydrogen) atoms. The molecule has 0 spiro atoms. The van der Waals surface area contributed by atoms with Crippen molar-refractivity contribution < 1.29 is 9.84 Å². The molecule has 0 radical (unpaired) electrons. The molecule has 5 heteroatoms. The van der Waals surface area contributed by atoms with E-state index in [-0.39, 0.29) is 12.0 Å². The number of hydrogen-bond acceptors (Lipinski definition) is 4. The van der Waals surface area contributed by atoms with E-state index in [9.17, 15) is 5.11 Å². The molecule has 3 heterocycles. The van der Waals surface area contributed by atoms with Gasteiger partial charge in [0, 0.05) is 35.8 Å². The van der Waals surface area contributed by atoms with E-state index in [0.29, 0.717) is 19.3 Å². The number of halogens is 1. The largest absolute Gasteiger partial charge is 0.393 e. The zero-order valence-electron chi connectivity index (χ0n) is 10.8. The maximum Gasteiger partial charge on any atom is 0.0632 e. The first-order valence-corrected chi connectivity index (χ1v) is 7.68. The Morgan fingerprint density at radius 2 is 2.26 bits per heavy atom. The van der Waals surface area contributed by atoms with E-state index in [4.69, 9.17) is 4.74 Å². The number of ether oxygens (including phenoxy) is 1. The van der Waals surface area contributed by atoms with Crippen molar-refractivity contribution in [2.75, 3.05) is 24.7 Å². The number of nitrogens with zero attached hydrogens (tertiary/aromatic N) is 2. The Morgan fingerprint density at radius 1 is 1.37 bits per heavy atom. The molecule has 2 saturated heterocycles. The van der Waals surface area contributed by atoms with Crippen LogP contribution in [0.5, 0.6) is 0 Å². The van der Waals surface area contributed by atoms with Gasteiger partial charge in [0.05, 0.1) is 24.6 Å². The molecule has 1 aromatic rings. The fourth-order valence-corrected chi connectivity index (χ4v) is 3.58. The van der Waals surface area contributed by atoms with Crippen LogP contribution in [0.2, 0.25) is 0 Å². The van der Waals surface area contributed by atoms with E-state index in [0.717, 1.165) is 29.5 Å². The van der Waals surface area contributed by atoms with Gasteiger partial charge in [-0.05, 0) is 41.3 Å². The van der Waals surface area contributed by atoms with E-state index in [1.807, 2.05) is 6.20 Å². The van der Waals surface area contributed by atoms with Crippen LogP contribution in [0.25, 0.3) is 0 Å². The van der Waals surface area contributed by atoms with Crippen LogP contribution >= 0.6 is 15.9 Å². The normalized spacial score (nSPS) is 31.7. The summed E-state index contributed by atoms with van der Waals surface area (Å²) < 4.78 is 6.56. The summed E-state index contributed by atoms with van der Waals surface area (Å²) in [5, 5.41) is 10.2. The lowest BCUT2D eigenvalue weighted by atomic mass is 9.89. The van der Waals surface area contributed by atoms with Crippen LogP contribution in [0.1, 0.15) is 19.3 Å². The topological polar surface area (TPSA) is 45.6 Å². The Hall–Kier alpha value is -0.650. The molecule has 3 atom stereocenters. The lowest BCUT2D eigenvalue weighted by Gasteiger charge is -2.37. The second-order valence-corrected chi connectivity index (χ2v) is 6.27. The van der Waals surface area contributed by atoms with E-state index < -0.39 is 0 Å². The highest BCUT2D eigenvalue weighted by Crippen LogP contribution is 2.33. The van der Waals surface area contributed by atoms with Crippen LogP contribution in [-0.2, 0) is 4.74 Å². The van der Waals surface area contributed by atoms with Gasteiger partial charge in [0.2, 0.25) is 0 Å². The molecule has 2 aliphatic heterocycles. The second-order valence-electron chi connectivity index (χ2n) is 5.36. The van der Waals surface area contributed by atoms with Gasteiger partial charge < -0.3 is 14.7 Å². The van der Waals surface area contributed by atoms with Gasteiger partial charge in [0.15, 0.2) is 0 Å². The van der Waals surface area contributed by atoms with Crippen LogP contribution in [0.3, 0.4) is 0 Å². The molecule has 0 saturated carbocycles. The minimum Gasteiger partial charge on any atom is -0.393 e. The van der Waals surface area contributed by atoms with Crippen molar-refractivity contribution in [1.29, 1.82) is 0 Å². The molecule has 0 aliphatic carbocycles. The number of aliphatic hydroxyl groups excluding tert-OH is 1. The number of aromatic nitrogens is 1. The average molecular weight is 327 g/mol. The van der Waals surface area contributed by atoms with Crippen molar-refractivity contribution in [1.82, 2.24) is 4.98 Å². The van der Waals surface area contributed by atoms with Crippen molar-refractivity contribution in [3.8, 4) is 0 Å². The molecule has 2 aliphatic rings. The predicted molar refractivity (Wildman–Crippen MR) is 77.2 cm³/mol. The fourth-order valence-electron chi connectivity index (χ4n) is 3.23. The van der Waals surface area contributed by atoms with Crippen molar-refractivity contribution in [3.05, 3.63) is 22.9 Å². The van der Waals surface area contributed by atoms with E-state index in [2.05, 4.69) is 31.9 Å². The Labute approximate surface area is 121 Å². The maximum absolute atomic E-state index is 10.2. The Morgan fingerprint density at radius 3 is 3.05 bits per heavy atom. The lowest BCUT2D eigenvalue weighted by molar-refractivity contribution is -0.0437. The third-order valence-corrected chi connectivity index (χ3v) is 4.61. The third-order valence-electron chi connectivity index (χ3n) is 4.18. The summed E-state index contributed by atoms with van der Waals surface area (Å²) in [6, 6.07) is 2.47. The van der Waals surface area contributed by atoms with Crippen LogP contribution in [-0.4, -0.2) is 42.0 Å². The van der Waals surface area contributed by atoms with E-state index in [1.54, 1.807) is 6.20 Å². The molecule has 104 valence electrons. The van der Waals surface area contributed by atoms with Gasteiger partial charge in [-0.3, -0.25) is 4.98 Å². The smallest absolute Gasteiger partial charge is 0.0632 e. The van der Waals surface area contributed by atoms with Gasteiger partial charge in [-0.15, -0.1) is 0 Å². The van der Waals surface area contributed by atoms with Gasteiger partial charge in [0.25, 0.3) is 0 Å². The highest BCUT2D eigenvalue weighted by Gasteiger charge is 2.37. The van der Waals surface area contributed by atoms with Crippen molar-refractivity contribution in [3.63, 3.8) is 0 Å². The van der Waals surface area contributed by atoms with Crippen molar-refractivity contribution in [2.45, 2.75) is 31.4 Å².